The van der Waals surface area contributed by atoms with E-state index in [9.17, 15) is 9.18 Å². The fourth-order valence-electron chi connectivity index (χ4n) is 5.78. The number of piperazine rings is 1. The second-order valence-corrected chi connectivity index (χ2v) is 10.9. The summed E-state index contributed by atoms with van der Waals surface area (Å²) in [6, 6.07) is -1.34. The molecule has 212 valence electrons. The van der Waals surface area contributed by atoms with Crippen molar-refractivity contribution in [2.24, 2.45) is 28.3 Å². The third kappa shape index (κ3) is 8.49. The number of hydrogen-bond donors (Lipinski definition) is 4. The van der Waals surface area contributed by atoms with Gasteiger partial charge in [-0.25, -0.2) is 8.78 Å². The van der Waals surface area contributed by atoms with Crippen LogP contribution in [0.1, 0.15) is 40.0 Å². The number of fused-ring (bicyclic) bond motifs is 1. The van der Waals surface area contributed by atoms with Crippen LogP contribution in [0.15, 0.2) is 16.9 Å². The Morgan fingerprint density at radius 1 is 1.24 bits per heavy atom. The molecule has 0 aromatic heterocycles. The minimum atomic E-state index is -1.13. The summed E-state index contributed by atoms with van der Waals surface area (Å²) in [5.74, 6) is -1.33. The lowest BCUT2D eigenvalue weighted by Crippen LogP contribution is -2.70. The third-order valence-corrected chi connectivity index (χ3v) is 7.87. The van der Waals surface area contributed by atoms with Crippen molar-refractivity contribution >= 4 is 12.1 Å². The molecule has 11 heteroatoms. The number of ether oxygens (including phenoxy) is 1. The van der Waals surface area contributed by atoms with Gasteiger partial charge in [-0.1, -0.05) is 26.7 Å². The molecular formula is C26H47F2N7O2. The lowest BCUT2D eigenvalue weighted by Gasteiger charge is -2.49. The van der Waals surface area contributed by atoms with E-state index in [0.29, 0.717) is 32.0 Å². The quantitative estimate of drug-likeness (QED) is 0.232. The first-order chi connectivity index (χ1) is 17.7. The van der Waals surface area contributed by atoms with E-state index in [1.807, 2.05) is 0 Å². The number of carbonyl (C=O) groups is 1. The maximum atomic E-state index is 15.2. The zero-order chi connectivity index (χ0) is 26.9. The van der Waals surface area contributed by atoms with E-state index in [0.717, 1.165) is 45.3 Å². The number of allylic oxidation sites excluding steroid dienone is 2. The standard InChI is InChI=1S/C26H47F2N7O2/c1-4-5-17(2)6-7-19(27)12-32-18(3)23(25(29)30)26(36)33-22-14-31-13-21(28)24(22)35-9-8-34-10-11-37-16-20(34)15-35/h7,12,17-18,20-25,31H,4-6,8-11,13-16,29-30H2,1-3H3,(H,33,36)/b19-7+,32-12?/t17?,18?,20-,21?,22?,23?,24?/m0/s1. The first-order valence-corrected chi connectivity index (χ1v) is 13.8. The molecule has 0 bridgehead atoms. The van der Waals surface area contributed by atoms with Crippen LogP contribution in [0.2, 0.25) is 0 Å². The Kier molecular flexibility index (Phi) is 11.9. The van der Waals surface area contributed by atoms with E-state index >= 15 is 4.39 Å². The first-order valence-electron chi connectivity index (χ1n) is 13.8. The maximum absolute atomic E-state index is 15.2. The highest BCUT2D eigenvalue weighted by Crippen LogP contribution is 2.23. The number of hydrogen-bond acceptors (Lipinski definition) is 8. The van der Waals surface area contributed by atoms with Crippen LogP contribution in [-0.2, 0) is 9.53 Å². The summed E-state index contributed by atoms with van der Waals surface area (Å²) >= 11 is 0. The van der Waals surface area contributed by atoms with Crippen molar-refractivity contribution in [1.29, 1.82) is 0 Å². The van der Waals surface area contributed by atoms with Gasteiger partial charge in [0.1, 0.15) is 12.0 Å². The van der Waals surface area contributed by atoms with Gasteiger partial charge < -0.3 is 26.8 Å². The number of nitrogens with two attached hydrogens (primary N) is 2. The van der Waals surface area contributed by atoms with Crippen molar-refractivity contribution in [3.8, 4) is 0 Å². The Labute approximate surface area is 220 Å². The summed E-state index contributed by atoms with van der Waals surface area (Å²) in [7, 11) is 0. The SMILES string of the molecule is CCCC(C)C/C=C(/F)C=NC(C)C(C(=O)NC1CNCC(F)C1N1CCN2CCOC[C@@H]2C1)C(N)N. The van der Waals surface area contributed by atoms with Crippen molar-refractivity contribution in [3.63, 3.8) is 0 Å². The minimum absolute atomic E-state index is 0.230. The zero-order valence-corrected chi connectivity index (χ0v) is 22.6. The maximum Gasteiger partial charge on any atom is 0.228 e. The molecule has 0 radical (unpaired) electrons. The van der Waals surface area contributed by atoms with Gasteiger partial charge in [-0.2, -0.15) is 0 Å². The molecule has 1 amide bonds. The van der Waals surface area contributed by atoms with E-state index in [1.54, 1.807) is 6.92 Å². The minimum Gasteiger partial charge on any atom is -0.378 e. The molecule has 3 aliphatic heterocycles. The molecule has 9 nitrogen and oxygen atoms in total. The molecule has 3 saturated heterocycles. The summed E-state index contributed by atoms with van der Waals surface area (Å²) in [5, 5.41) is 6.09. The van der Waals surface area contributed by atoms with Gasteiger partial charge in [-0.05, 0) is 25.3 Å². The van der Waals surface area contributed by atoms with Gasteiger partial charge in [0.25, 0.3) is 0 Å². The van der Waals surface area contributed by atoms with Gasteiger partial charge in [-0.15, -0.1) is 0 Å². The molecular weight excluding hydrogens is 480 g/mol. The molecule has 7 atom stereocenters. The highest BCUT2D eigenvalue weighted by atomic mass is 19.1. The number of carbonyl (C=O) groups excluding carboxylic acids is 1. The molecule has 0 aliphatic carbocycles. The third-order valence-electron chi connectivity index (χ3n) is 7.87. The second-order valence-electron chi connectivity index (χ2n) is 10.9. The van der Waals surface area contributed by atoms with Crippen LogP contribution in [0, 0.1) is 11.8 Å². The average molecular weight is 528 g/mol. The normalized spacial score (nSPS) is 30.8. The average Bonchev–Trinajstić information content (AvgIpc) is 2.86. The van der Waals surface area contributed by atoms with Gasteiger partial charge in [-0.3, -0.25) is 19.6 Å². The Morgan fingerprint density at radius 2 is 2.00 bits per heavy atom. The van der Waals surface area contributed by atoms with Crippen LogP contribution in [0.4, 0.5) is 8.78 Å². The van der Waals surface area contributed by atoms with Crippen LogP contribution >= 0.6 is 0 Å². The van der Waals surface area contributed by atoms with Crippen molar-refractivity contribution in [2.75, 3.05) is 52.5 Å². The highest BCUT2D eigenvalue weighted by Gasteiger charge is 2.43. The van der Waals surface area contributed by atoms with Crippen LogP contribution in [0.25, 0.3) is 0 Å². The molecule has 0 aromatic rings. The number of alkyl halides is 1. The fourth-order valence-corrected chi connectivity index (χ4v) is 5.78. The summed E-state index contributed by atoms with van der Waals surface area (Å²) in [6.45, 7) is 11.1. The van der Waals surface area contributed by atoms with E-state index in [-0.39, 0.29) is 12.6 Å². The van der Waals surface area contributed by atoms with Crippen molar-refractivity contribution in [1.82, 2.24) is 20.4 Å². The molecule has 6 unspecified atom stereocenters. The Hall–Kier alpha value is -1.50. The highest BCUT2D eigenvalue weighted by molar-refractivity contribution is 5.81. The fraction of sp³-hybridized carbons (Fsp3) is 0.846. The monoisotopic (exact) mass is 527 g/mol. The number of nitrogens with one attached hydrogen (secondary N) is 2. The predicted octanol–water partition coefficient (Wildman–Crippen LogP) is 0.796. The molecule has 0 spiro atoms. The molecule has 3 rings (SSSR count). The largest absolute Gasteiger partial charge is 0.378 e. The first kappa shape index (κ1) is 30.0. The van der Waals surface area contributed by atoms with E-state index < -0.39 is 48.1 Å². The summed E-state index contributed by atoms with van der Waals surface area (Å²) in [6.07, 6.45) is 3.24. The Bertz CT molecular complexity index is 784. The van der Waals surface area contributed by atoms with E-state index in [4.69, 9.17) is 16.2 Å². The lowest BCUT2D eigenvalue weighted by atomic mass is 9.92. The smallest absolute Gasteiger partial charge is 0.228 e. The number of piperidine rings is 1. The zero-order valence-electron chi connectivity index (χ0n) is 22.6. The van der Waals surface area contributed by atoms with E-state index in [2.05, 4.69) is 39.3 Å². The molecule has 0 saturated carbocycles. The Balaban J connectivity index is 1.64. The van der Waals surface area contributed by atoms with Gasteiger partial charge >= 0.3 is 0 Å². The van der Waals surface area contributed by atoms with Gasteiger partial charge in [0.2, 0.25) is 5.91 Å². The number of rotatable bonds is 11. The molecule has 3 fully saturated rings. The van der Waals surface area contributed by atoms with Crippen LogP contribution < -0.4 is 22.1 Å². The summed E-state index contributed by atoms with van der Waals surface area (Å²) < 4.78 is 35.2. The topological polar surface area (TPSA) is 121 Å². The van der Waals surface area contributed by atoms with Gasteiger partial charge in [0, 0.05) is 45.3 Å². The van der Waals surface area contributed by atoms with Crippen molar-refractivity contribution in [2.45, 2.75) is 76.5 Å². The predicted molar refractivity (Wildman–Crippen MR) is 143 cm³/mol. The number of morpholine rings is 1. The number of amides is 1. The molecule has 6 N–H and O–H groups in total. The summed E-state index contributed by atoms with van der Waals surface area (Å²) in [5.41, 5.74) is 11.9. The molecule has 3 heterocycles. The summed E-state index contributed by atoms with van der Waals surface area (Å²) in [4.78, 5) is 22.1. The lowest BCUT2D eigenvalue weighted by molar-refractivity contribution is -0.128. The number of aliphatic imine (C=N–C) groups is 1. The van der Waals surface area contributed by atoms with Crippen LogP contribution in [0.5, 0.6) is 0 Å². The van der Waals surface area contributed by atoms with E-state index in [1.165, 1.54) is 6.08 Å². The van der Waals surface area contributed by atoms with Gasteiger partial charge in [0.05, 0.1) is 49.6 Å². The number of halogens is 2. The van der Waals surface area contributed by atoms with Crippen LogP contribution in [0.3, 0.4) is 0 Å². The number of nitrogens with zero attached hydrogens (tertiary/aromatic N) is 3. The molecule has 37 heavy (non-hydrogen) atoms. The van der Waals surface area contributed by atoms with Gasteiger partial charge in [0.15, 0.2) is 0 Å². The second kappa shape index (κ2) is 14.6. The molecule has 3 aliphatic rings. The molecule has 0 aromatic carbocycles. The van der Waals surface area contributed by atoms with Crippen molar-refractivity contribution < 1.29 is 18.3 Å². The van der Waals surface area contributed by atoms with Crippen LogP contribution in [-0.4, -0.2) is 111 Å². The Morgan fingerprint density at radius 3 is 2.73 bits per heavy atom. The van der Waals surface area contributed by atoms with Crippen molar-refractivity contribution in [3.05, 3.63) is 11.9 Å².